The van der Waals surface area contributed by atoms with E-state index in [1.807, 2.05) is 0 Å². The summed E-state index contributed by atoms with van der Waals surface area (Å²) in [5.41, 5.74) is 1.18. The van der Waals surface area contributed by atoms with Crippen LogP contribution in [0.3, 0.4) is 0 Å². The summed E-state index contributed by atoms with van der Waals surface area (Å²) in [4.78, 5) is 11.5. The van der Waals surface area contributed by atoms with Crippen LogP contribution in [-0.2, 0) is 19.6 Å². The van der Waals surface area contributed by atoms with E-state index in [9.17, 15) is 13.2 Å². The molecular weight excluding hydrogens is 340 g/mol. The van der Waals surface area contributed by atoms with Crippen LogP contribution in [0.4, 0.5) is 5.69 Å². The predicted molar refractivity (Wildman–Crippen MR) is 95.9 cm³/mol. The SMILES string of the molecule is CC(=O)Nc1ccc(C)c(S(=O)(=O)N2CCOCC(C3CCC3)C2)c1. The highest BCUT2D eigenvalue weighted by Gasteiger charge is 2.35. The number of rotatable bonds is 4. The summed E-state index contributed by atoms with van der Waals surface area (Å²) in [5.74, 6) is 0.618. The van der Waals surface area contributed by atoms with Crippen molar-refractivity contribution >= 4 is 21.6 Å². The van der Waals surface area contributed by atoms with Gasteiger partial charge in [-0.25, -0.2) is 8.42 Å². The molecule has 1 atom stereocenters. The first kappa shape index (κ1) is 18.4. The Morgan fingerprint density at radius 1 is 1.28 bits per heavy atom. The Hall–Kier alpha value is -1.44. The van der Waals surface area contributed by atoms with Gasteiger partial charge in [0.2, 0.25) is 15.9 Å². The zero-order valence-corrected chi connectivity index (χ0v) is 15.6. The monoisotopic (exact) mass is 366 g/mol. The fourth-order valence-corrected chi connectivity index (χ4v) is 5.25. The average molecular weight is 366 g/mol. The zero-order valence-electron chi connectivity index (χ0n) is 14.8. The second-order valence-electron chi connectivity index (χ2n) is 7.05. The van der Waals surface area contributed by atoms with Crippen molar-refractivity contribution in [3.05, 3.63) is 23.8 Å². The van der Waals surface area contributed by atoms with E-state index >= 15 is 0 Å². The minimum Gasteiger partial charge on any atom is -0.380 e. The largest absolute Gasteiger partial charge is 0.380 e. The first-order valence-corrected chi connectivity index (χ1v) is 10.3. The Labute approximate surface area is 149 Å². The van der Waals surface area contributed by atoms with Crippen molar-refractivity contribution in [2.24, 2.45) is 11.8 Å². The maximum absolute atomic E-state index is 13.2. The molecule has 0 bridgehead atoms. The number of hydrogen-bond acceptors (Lipinski definition) is 4. The number of sulfonamides is 1. The van der Waals surface area contributed by atoms with Gasteiger partial charge in [0.15, 0.2) is 0 Å². The minimum atomic E-state index is -3.62. The maximum atomic E-state index is 13.2. The van der Waals surface area contributed by atoms with E-state index in [2.05, 4.69) is 5.32 Å². The van der Waals surface area contributed by atoms with E-state index in [0.29, 0.717) is 43.5 Å². The first-order chi connectivity index (χ1) is 11.9. The van der Waals surface area contributed by atoms with Crippen LogP contribution in [-0.4, -0.2) is 44.9 Å². The molecule has 0 radical (unpaired) electrons. The second-order valence-corrected chi connectivity index (χ2v) is 8.96. The third kappa shape index (κ3) is 4.04. The smallest absolute Gasteiger partial charge is 0.243 e. The number of nitrogens with zero attached hydrogens (tertiary/aromatic N) is 1. The first-order valence-electron chi connectivity index (χ1n) is 8.84. The Kier molecular flexibility index (Phi) is 5.46. The molecule has 1 amide bonds. The van der Waals surface area contributed by atoms with Crippen molar-refractivity contribution in [1.29, 1.82) is 0 Å². The molecule has 1 saturated heterocycles. The molecule has 0 aromatic heterocycles. The Balaban J connectivity index is 1.87. The lowest BCUT2D eigenvalue weighted by atomic mass is 9.76. The van der Waals surface area contributed by atoms with Crippen LogP contribution in [0.15, 0.2) is 23.1 Å². The highest BCUT2D eigenvalue weighted by atomic mass is 32.2. The van der Waals surface area contributed by atoms with Gasteiger partial charge in [-0.3, -0.25) is 4.79 Å². The van der Waals surface area contributed by atoms with E-state index in [1.54, 1.807) is 29.4 Å². The zero-order chi connectivity index (χ0) is 18.0. The lowest BCUT2D eigenvalue weighted by molar-refractivity contribution is -0.114. The molecule has 3 rings (SSSR count). The Morgan fingerprint density at radius 2 is 2.04 bits per heavy atom. The van der Waals surface area contributed by atoms with Crippen LogP contribution in [0.5, 0.6) is 0 Å². The summed E-state index contributed by atoms with van der Waals surface area (Å²) >= 11 is 0. The van der Waals surface area contributed by atoms with Crippen molar-refractivity contribution in [3.63, 3.8) is 0 Å². The molecule has 2 fully saturated rings. The van der Waals surface area contributed by atoms with Crippen molar-refractivity contribution in [2.45, 2.75) is 38.0 Å². The molecule has 1 aliphatic carbocycles. The van der Waals surface area contributed by atoms with E-state index in [4.69, 9.17) is 4.74 Å². The number of hydrogen-bond donors (Lipinski definition) is 1. The topological polar surface area (TPSA) is 75.7 Å². The van der Waals surface area contributed by atoms with Crippen LogP contribution in [0, 0.1) is 18.8 Å². The summed E-state index contributed by atoms with van der Waals surface area (Å²) in [6.45, 7) is 5.13. The molecule has 0 spiro atoms. The summed E-state index contributed by atoms with van der Waals surface area (Å²) < 4.78 is 33.7. The Morgan fingerprint density at radius 3 is 2.68 bits per heavy atom. The highest BCUT2D eigenvalue weighted by Crippen LogP contribution is 2.36. The number of aryl methyl sites for hydroxylation is 1. The third-order valence-corrected chi connectivity index (χ3v) is 7.21. The summed E-state index contributed by atoms with van der Waals surface area (Å²) in [6.07, 6.45) is 3.56. The standard InChI is InChI=1S/C18H26N2O4S/c1-13-6-7-17(19-14(2)21)10-18(13)25(22,23)20-8-9-24-12-16(11-20)15-4-3-5-15/h6-7,10,15-16H,3-5,8-9,11-12H2,1-2H3,(H,19,21). The number of ether oxygens (including phenoxy) is 1. The van der Waals surface area contributed by atoms with Crippen molar-refractivity contribution < 1.29 is 17.9 Å². The number of carbonyl (C=O) groups excluding carboxylic acids is 1. The summed E-state index contributed by atoms with van der Waals surface area (Å²) in [5, 5.41) is 2.66. The highest BCUT2D eigenvalue weighted by molar-refractivity contribution is 7.89. The lowest BCUT2D eigenvalue weighted by Crippen LogP contribution is -2.39. The molecule has 1 saturated carbocycles. The maximum Gasteiger partial charge on any atom is 0.243 e. The van der Waals surface area contributed by atoms with Crippen LogP contribution >= 0.6 is 0 Å². The van der Waals surface area contributed by atoms with Gasteiger partial charge in [0.25, 0.3) is 0 Å². The third-order valence-electron chi connectivity index (χ3n) is 5.20. The van der Waals surface area contributed by atoms with Gasteiger partial charge < -0.3 is 10.1 Å². The molecule has 7 heteroatoms. The quantitative estimate of drug-likeness (QED) is 0.888. The molecule has 25 heavy (non-hydrogen) atoms. The number of amides is 1. The lowest BCUT2D eigenvalue weighted by Gasteiger charge is -2.34. The van der Waals surface area contributed by atoms with Gasteiger partial charge in [-0.15, -0.1) is 0 Å². The predicted octanol–water partition coefficient (Wildman–Crippen LogP) is 2.39. The molecule has 1 aliphatic heterocycles. The average Bonchev–Trinajstić information content (AvgIpc) is 2.73. The minimum absolute atomic E-state index is 0.222. The number of carbonyl (C=O) groups is 1. The molecule has 6 nitrogen and oxygen atoms in total. The molecule has 1 unspecified atom stereocenters. The van der Waals surface area contributed by atoms with Crippen LogP contribution in [0.25, 0.3) is 0 Å². The van der Waals surface area contributed by atoms with Gasteiger partial charge in [-0.1, -0.05) is 25.3 Å². The van der Waals surface area contributed by atoms with Crippen molar-refractivity contribution in [1.82, 2.24) is 4.31 Å². The fraction of sp³-hybridized carbons (Fsp3) is 0.611. The summed E-state index contributed by atoms with van der Waals surface area (Å²) in [7, 11) is -3.62. The number of benzene rings is 1. The van der Waals surface area contributed by atoms with E-state index in [0.717, 1.165) is 0 Å². The second kappa shape index (κ2) is 7.43. The van der Waals surface area contributed by atoms with Gasteiger partial charge in [-0.2, -0.15) is 4.31 Å². The molecule has 1 heterocycles. The number of nitrogens with one attached hydrogen (secondary N) is 1. The van der Waals surface area contributed by atoms with Gasteiger partial charge >= 0.3 is 0 Å². The molecule has 1 N–H and O–H groups in total. The number of anilines is 1. The van der Waals surface area contributed by atoms with Gasteiger partial charge in [0.1, 0.15) is 0 Å². The van der Waals surface area contributed by atoms with Gasteiger partial charge in [0.05, 0.1) is 18.1 Å². The van der Waals surface area contributed by atoms with Crippen LogP contribution in [0.2, 0.25) is 0 Å². The van der Waals surface area contributed by atoms with Crippen molar-refractivity contribution in [3.8, 4) is 0 Å². The molecular formula is C18H26N2O4S. The van der Waals surface area contributed by atoms with E-state index in [-0.39, 0.29) is 16.7 Å². The molecule has 1 aromatic carbocycles. The van der Waals surface area contributed by atoms with E-state index < -0.39 is 10.0 Å². The van der Waals surface area contributed by atoms with Crippen molar-refractivity contribution in [2.75, 3.05) is 31.6 Å². The summed E-state index contributed by atoms with van der Waals surface area (Å²) in [6, 6.07) is 5.00. The van der Waals surface area contributed by atoms with Gasteiger partial charge in [-0.05, 0) is 36.5 Å². The normalized spacial score (nSPS) is 22.9. The van der Waals surface area contributed by atoms with Gasteiger partial charge in [0, 0.05) is 25.7 Å². The molecule has 138 valence electrons. The fourth-order valence-electron chi connectivity index (χ4n) is 3.52. The molecule has 2 aliphatic rings. The van der Waals surface area contributed by atoms with Crippen LogP contribution < -0.4 is 5.32 Å². The Bertz CT molecular complexity index is 743. The van der Waals surface area contributed by atoms with E-state index in [1.165, 1.54) is 26.2 Å². The molecule has 1 aromatic rings. The van der Waals surface area contributed by atoms with Crippen LogP contribution in [0.1, 0.15) is 31.7 Å².